The highest BCUT2D eigenvalue weighted by molar-refractivity contribution is 4.71. The van der Waals surface area contributed by atoms with Crippen molar-refractivity contribution in [2.75, 3.05) is 0 Å². The molecule has 1 rings (SSSR count). The Morgan fingerprint density at radius 2 is 1.53 bits per heavy atom. The number of hydrogen-bond donors (Lipinski definition) is 0. The smallest absolute Gasteiger partial charge is 0.0414 e. The van der Waals surface area contributed by atoms with Gasteiger partial charge in [-0.25, -0.2) is 0 Å². The fourth-order valence-corrected chi connectivity index (χ4v) is 2.67. The minimum atomic E-state index is 1.06. The van der Waals surface area contributed by atoms with E-state index in [1.165, 1.54) is 70.6 Å². The van der Waals surface area contributed by atoms with Gasteiger partial charge in [0.2, 0.25) is 0 Å². The summed E-state index contributed by atoms with van der Waals surface area (Å²) in [6.07, 6.45) is 16.3. The molecule has 0 amide bonds. The topological polar surface area (TPSA) is 0 Å². The molecule has 0 aliphatic heterocycles. The quantitative estimate of drug-likeness (QED) is 0.467. The molecule has 15 heavy (non-hydrogen) atoms. The Bertz CT molecular complexity index is 127. The van der Waals surface area contributed by atoms with Crippen LogP contribution in [0.2, 0.25) is 0 Å². The lowest BCUT2D eigenvalue weighted by atomic mass is 9.79. The van der Waals surface area contributed by atoms with Crippen LogP contribution in [0.4, 0.5) is 0 Å². The minimum Gasteiger partial charge on any atom is -0.0654 e. The number of rotatable bonds is 9. The van der Waals surface area contributed by atoms with Crippen molar-refractivity contribution in [3.8, 4) is 0 Å². The summed E-state index contributed by atoms with van der Waals surface area (Å²) in [5.41, 5.74) is 0. The van der Waals surface area contributed by atoms with Crippen LogP contribution in [0.1, 0.15) is 84.5 Å². The molecule has 1 saturated carbocycles. The number of hydrogen-bond acceptors (Lipinski definition) is 0. The third-order valence-corrected chi connectivity index (χ3v) is 4.14. The highest BCUT2D eigenvalue weighted by atomic mass is 14.2. The van der Waals surface area contributed by atoms with E-state index in [-0.39, 0.29) is 0 Å². The van der Waals surface area contributed by atoms with Crippen LogP contribution in [0.15, 0.2) is 0 Å². The molecule has 0 unspecified atom stereocenters. The second kappa shape index (κ2) is 8.19. The Kier molecular flexibility index (Phi) is 7.13. The maximum absolute atomic E-state index is 2.32. The first-order valence-electron chi connectivity index (χ1n) is 7.36. The van der Waals surface area contributed by atoms with Gasteiger partial charge in [-0.2, -0.15) is 0 Å². The average Bonchev–Trinajstić information content (AvgIpc) is 2.19. The molecule has 1 aliphatic rings. The van der Waals surface area contributed by atoms with Crippen LogP contribution in [0.3, 0.4) is 0 Å². The summed E-state index contributed by atoms with van der Waals surface area (Å²) in [4.78, 5) is 0. The first-order valence-corrected chi connectivity index (χ1v) is 7.36. The lowest BCUT2D eigenvalue weighted by Crippen LogP contribution is -2.13. The van der Waals surface area contributed by atoms with E-state index >= 15 is 0 Å². The van der Waals surface area contributed by atoms with Crippen molar-refractivity contribution in [1.29, 1.82) is 0 Å². The summed E-state index contributed by atoms with van der Waals surface area (Å²) >= 11 is 0. The highest BCUT2D eigenvalue weighted by Crippen LogP contribution is 2.33. The SMILES string of the molecule is CCCCC(CCCC)CCC1CCC1. The fraction of sp³-hybridized carbons (Fsp3) is 1.00. The maximum Gasteiger partial charge on any atom is -0.0414 e. The van der Waals surface area contributed by atoms with E-state index in [1.807, 2.05) is 0 Å². The highest BCUT2D eigenvalue weighted by Gasteiger charge is 2.18. The standard InChI is InChI=1S/C15H30/c1-3-5-8-14(9-6-4-2)12-13-15-10-7-11-15/h14-15H,3-13H2,1-2H3. The van der Waals surface area contributed by atoms with Crippen LogP contribution < -0.4 is 0 Å². The van der Waals surface area contributed by atoms with Gasteiger partial charge in [-0.05, 0) is 11.8 Å². The molecule has 0 saturated heterocycles. The third kappa shape index (κ3) is 5.58. The van der Waals surface area contributed by atoms with Crippen LogP contribution in [0.5, 0.6) is 0 Å². The van der Waals surface area contributed by atoms with Crippen molar-refractivity contribution >= 4 is 0 Å². The maximum atomic E-state index is 2.32. The third-order valence-electron chi connectivity index (χ3n) is 4.14. The molecule has 0 radical (unpaired) electrons. The van der Waals surface area contributed by atoms with E-state index in [9.17, 15) is 0 Å². The van der Waals surface area contributed by atoms with E-state index in [2.05, 4.69) is 13.8 Å². The van der Waals surface area contributed by atoms with Crippen molar-refractivity contribution in [2.45, 2.75) is 84.5 Å². The predicted octanol–water partition coefficient (Wildman–Crippen LogP) is 5.56. The molecule has 0 aromatic rings. The van der Waals surface area contributed by atoms with Crippen LogP contribution in [-0.2, 0) is 0 Å². The predicted molar refractivity (Wildman–Crippen MR) is 69.1 cm³/mol. The molecule has 0 aromatic heterocycles. The molecule has 1 aliphatic carbocycles. The van der Waals surface area contributed by atoms with Crippen LogP contribution in [-0.4, -0.2) is 0 Å². The van der Waals surface area contributed by atoms with E-state index in [0.717, 1.165) is 11.8 Å². The Labute approximate surface area is 96.8 Å². The van der Waals surface area contributed by atoms with Gasteiger partial charge in [0.25, 0.3) is 0 Å². The van der Waals surface area contributed by atoms with Crippen molar-refractivity contribution in [3.05, 3.63) is 0 Å². The van der Waals surface area contributed by atoms with Crippen molar-refractivity contribution < 1.29 is 0 Å². The monoisotopic (exact) mass is 210 g/mol. The molecule has 0 N–H and O–H groups in total. The van der Waals surface area contributed by atoms with Crippen molar-refractivity contribution in [2.24, 2.45) is 11.8 Å². The number of unbranched alkanes of at least 4 members (excludes halogenated alkanes) is 2. The van der Waals surface area contributed by atoms with Gasteiger partial charge in [-0.1, -0.05) is 84.5 Å². The van der Waals surface area contributed by atoms with Crippen LogP contribution >= 0.6 is 0 Å². The molecule has 90 valence electrons. The molecule has 1 fully saturated rings. The van der Waals surface area contributed by atoms with Gasteiger partial charge < -0.3 is 0 Å². The molecule has 0 nitrogen and oxygen atoms in total. The Morgan fingerprint density at radius 3 is 1.93 bits per heavy atom. The summed E-state index contributed by atoms with van der Waals surface area (Å²) < 4.78 is 0. The molecule has 0 bridgehead atoms. The molecule has 0 aromatic carbocycles. The zero-order chi connectivity index (χ0) is 10.9. The van der Waals surface area contributed by atoms with Crippen molar-refractivity contribution in [3.63, 3.8) is 0 Å². The molecule has 0 heteroatoms. The van der Waals surface area contributed by atoms with E-state index in [4.69, 9.17) is 0 Å². The first-order chi connectivity index (χ1) is 7.36. The summed E-state index contributed by atoms with van der Waals surface area (Å²) in [5.74, 6) is 2.18. The lowest BCUT2D eigenvalue weighted by Gasteiger charge is -2.27. The Hall–Kier alpha value is 0. The average molecular weight is 210 g/mol. The second-order valence-electron chi connectivity index (χ2n) is 5.52. The van der Waals surface area contributed by atoms with Gasteiger partial charge in [0.15, 0.2) is 0 Å². The largest absolute Gasteiger partial charge is 0.0654 e. The van der Waals surface area contributed by atoms with E-state index < -0.39 is 0 Å². The summed E-state index contributed by atoms with van der Waals surface area (Å²) in [6, 6.07) is 0. The lowest BCUT2D eigenvalue weighted by molar-refractivity contribution is 0.257. The van der Waals surface area contributed by atoms with Gasteiger partial charge in [0.1, 0.15) is 0 Å². The Morgan fingerprint density at radius 1 is 0.933 bits per heavy atom. The molecule has 0 heterocycles. The van der Waals surface area contributed by atoms with Crippen LogP contribution in [0.25, 0.3) is 0 Å². The van der Waals surface area contributed by atoms with Crippen LogP contribution in [0, 0.1) is 11.8 Å². The normalized spacial score (nSPS) is 17.0. The second-order valence-corrected chi connectivity index (χ2v) is 5.52. The minimum absolute atomic E-state index is 1.06. The van der Waals surface area contributed by atoms with Gasteiger partial charge in [0.05, 0.1) is 0 Å². The molecule has 0 spiro atoms. The zero-order valence-corrected chi connectivity index (χ0v) is 10.9. The molecular formula is C15H30. The molecule has 0 atom stereocenters. The molecular weight excluding hydrogens is 180 g/mol. The summed E-state index contributed by atoms with van der Waals surface area (Å²) in [7, 11) is 0. The van der Waals surface area contributed by atoms with Crippen molar-refractivity contribution in [1.82, 2.24) is 0 Å². The fourth-order valence-electron chi connectivity index (χ4n) is 2.67. The van der Waals surface area contributed by atoms with E-state index in [0.29, 0.717) is 0 Å². The Balaban J connectivity index is 2.08. The zero-order valence-electron chi connectivity index (χ0n) is 10.9. The van der Waals surface area contributed by atoms with Gasteiger partial charge >= 0.3 is 0 Å². The summed E-state index contributed by atoms with van der Waals surface area (Å²) in [6.45, 7) is 4.64. The van der Waals surface area contributed by atoms with Gasteiger partial charge in [-0.15, -0.1) is 0 Å². The van der Waals surface area contributed by atoms with E-state index in [1.54, 1.807) is 0 Å². The summed E-state index contributed by atoms with van der Waals surface area (Å²) in [5, 5.41) is 0. The first kappa shape index (κ1) is 13.1. The van der Waals surface area contributed by atoms with Gasteiger partial charge in [-0.3, -0.25) is 0 Å². The van der Waals surface area contributed by atoms with Gasteiger partial charge in [0, 0.05) is 0 Å².